The van der Waals surface area contributed by atoms with Gasteiger partial charge in [-0.15, -0.1) is 0 Å². The molecule has 158 valence electrons. The number of unbranched alkanes of at least 4 members (excludes halogenated alkanes) is 1. The van der Waals surface area contributed by atoms with Gasteiger partial charge in [0.2, 0.25) is 0 Å². The normalized spacial score (nSPS) is 15.1. The third-order valence-corrected chi connectivity index (χ3v) is 4.86. The van der Waals surface area contributed by atoms with E-state index in [0.29, 0.717) is 30.3 Å². The Kier molecular flexibility index (Phi) is 9.05. The highest BCUT2D eigenvalue weighted by Crippen LogP contribution is 2.34. The number of rotatable bonds is 11. The molecule has 1 aliphatic heterocycles. The van der Waals surface area contributed by atoms with E-state index in [-0.39, 0.29) is 18.1 Å². The number of carbonyl (C=O) groups excluding carboxylic acids is 3. The van der Waals surface area contributed by atoms with Crippen LogP contribution in [0.25, 0.3) is 6.08 Å². The molecule has 2 amide bonds. The second kappa shape index (κ2) is 11.5. The van der Waals surface area contributed by atoms with E-state index in [1.54, 1.807) is 24.3 Å². The molecule has 1 aromatic carbocycles. The lowest BCUT2D eigenvalue weighted by Crippen LogP contribution is -2.34. The quantitative estimate of drug-likeness (QED) is 0.300. The molecule has 1 saturated heterocycles. The second-order valence-electron chi connectivity index (χ2n) is 6.33. The number of benzene rings is 1. The number of thioether (sulfide) groups is 1. The predicted molar refractivity (Wildman–Crippen MR) is 112 cm³/mol. The largest absolute Gasteiger partial charge is 0.490 e. The van der Waals surface area contributed by atoms with E-state index >= 15 is 0 Å². The van der Waals surface area contributed by atoms with Crippen molar-refractivity contribution in [3.63, 3.8) is 0 Å². The van der Waals surface area contributed by atoms with Crippen LogP contribution in [-0.4, -0.2) is 48.4 Å². The number of ether oxygens (including phenoxy) is 3. The van der Waals surface area contributed by atoms with Gasteiger partial charge >= 0.3 is 5.97 Å². The number of hydrogen-bond donors (Lipinski definition) is 0. The second-order valence-corrected chi connectivity index (χ2v) is 7.32. The first-order valence-electron chi connectivity index (χ1n) is 9.80. The van der Waals surface area contributed by atoms with E-state index in [9.17, 15) is 14.4 Å². The van der Waals surface area contributed by atoms with Gasteiger partial charge in [0.1, 0.15) is 6.54 Å². The molecule has 0 bridgehead atoms. The molecule has 0 spiro atoms. The molecule has 29 heavy (non-hydrogen) atoms. The summed E-state index contributed by atoms with van der Waals surface area (Å²) < 4.78 is 16.3. The molecule has 7 nitrogen and oxygen atoms in total. The molecule has 0 saturated carbocycles. The summed E-state index contributed by atoms with van der Waals surface area (Å²) in [5.41, 5.74) is 0.702. The topological polar surface area (TPSA) is 82.1 Å². The minimum Gasteiger partial charge on any atom is -0.490 e. The summed E-state index contributed by atoms with van der Waals surface area (Å²) in [6.07, 6.45) is 4.12. The maximum absolute atomic E-state index is 12.6. The summed E-state index contributed by atoms with van der Waals surface area (Å²) in [4.78, 5) is 37.7. The Hall–Kier alpha value is -2.48. The van der Waals surface area contributed by atoms with Crippen molar-refractivity contribution in [2.24, 2.45) is 0 Å². The maximum atomic E-state index is 12.6. The monoisotopic (exact) mass is 421 g/mol. The van der Waals surface area contributed by atoms with Crippen molar-refractivity contribution in [2.75, 3.05) is 26.4 Å². The minimum atomic E-state index is -0.585. The number of carbonyl (C=O) groups is 3. The van der Waals surface area contributed by atoms with Crippen molar-refractivity contribution < 1.29 is 28.6 Å². The molecule has 0 aromatic heterocycles. The average Bonchev–Trinajstić information content (AvgIpc) is 2.95. The fourth-order valence-corrected chi connectivity index (χ4v) is 3.35. The van der Waals surface area contributed by atoms with Crippen molar-refractivity contribution in [1.82, 2.24) is 4.90 Å². The number of amides is 2. The van der Waals surface area contributed by atoms with Gasteiger partial charge in [0.25, 0.3) is 11.1 Å². The Labute approximate surface area is 175 Å². The van der Waals surface area contributed by atoms with Gasteiger partial charge in [-0.05, 0) is 55.3 Å². The van der Waals surface area contributed by atoms with Gasteiger partial charge in [-0.1, -0.05) is 26.3 Å². The Morgan fingerprint density at radius 3 is 2.55 bits per heavy atom. The van der Waals surface area contributed by atoms with Crippen molar-refractivity contribution in [3.8, 4) is 11.5 Å². The average molecular weight is 422 g/mol. The predicted octanol–water partition coefficient (Wildman–Crippen LogP) is 4.25. The molecule has 1 heterocycles. The third-order valence-electron chi connectivity index (χ3n) is 3.95. The van der Waals surface area contributed by atoms with Crippen molar-refractivity contribution >= 4 is 35.0 Å². The molecule has 8 heteroatoms. The maximum Gasteiger partial charge on any atom is 0.326 e. The summed E-state index contributed by atoms with van der Waals surface area (Å²) in [5.74, 6) is 0.122. The lowest BCUT2D eigenvalue weighted by atomic mass is 10.2. The van der Waals surface area contributed by atoms with Gasteiger partial charge in [0, 0.05) is 0 Å². The van der Waals surface area contributed by atoms with Crippen LogP contribution < -0.4 is 9.47 Å². The van der Waals surface area contributed by atoms with Crippen LogP contribution in [-0.2, 0) is 14.3 Å². The molecule has 0 radical (unpaired) electrons. The highest BCUT2D eigenvalue weighted by atomic mass is 32.2. The van der Waals surface area contributed by atoms with Crippen LogP contribution in [0.3, 0.4) is 0 Å². The smallest absolute Gasteiger partial charge is 0.326 e. The number of hydrogen-bond acceptors (Lipinski definition) is 7. The lowest BCUT2D eigenvalue weighted by molar-refractivity contribution is -0.146. The van der Waals surface area contributed by atoms with Crippen LogP contribution in [0.2, 0.25) is 0 Å². The van der Waals surface area contributed by atoms with Crippen LogP contribution in [0.4, 0.5) is 4.79 Å². The van der Waals surface area contributed by atoms with E-state index in [2.05, 4.69) is 0 Å². The Balaban J connectivity index is 2.11. The zero-order chi connectivity index (χ0) is 21.2. The third kappa shape index (κ3) is 6.52. The van der Waals surface area contributed by atoms with Crippen LogP contribution in [0.15, 0.2) is 23.1 Å². The van der Waals surface area contributed by atoms with Gasteiger partial charge < -0.3 is 14.2 Å². The molecule has 0 unspecified atom stereocenters. The summed E-state index contributed by atoms with van der Waals surface area (Å²) >= 11 is 0.803. The number of nitrogens with zero attached hydrogens (tertiary/aromatic N) is 1. The fourth-order valence-electron chi connectivity index (χ4n) is 2.51. The SMILES string of the molecule is CCCCOC(=O)CN1C(=O)S/C(=C\c2ccc(OCCC)c(OCC)c2)C1=O. The van der Waals surface area contributed by atoms with Gasteiger partial charge in [-0.2, -0.15) is 0 Å². The Morgan fingerprint density at radius 2 is 1.86 bits per heavy atom. The number of imide groups is 1. The fraction of sp³-hybridized carbons (Fsp3) is 0.476. The zero-order valence-corrected chi connectivity index (χ0v) is 17.9. The molecule has 1 fully saturated rings. The van der Waals surface area contributed by atoms with E-state index in [1.165, 1.54) is 0 Å². The zero-order valence-electron chi connectivity index (χ0n) is 17.1. The summed E-state index contributed by atoms with van der Waals surface area (Å²) in [7, 11) is 0. The summed E-state index contributed by atoms with van der Waals surface area (Å²) in [6.45, 7) is 6.84. The van der Waals surface area contributed by atoms with Crippen molar-refractivity contribution in [2.45, 2.75) is 40.0 Å². The Bertz CT molecular complexity index is 776. The summed E-state index contributed by atoms with van der Waals surface area (Å²) in [6, 6.07) is 5.34. The van der Waals surface area contributed by atoms with E-state index in [0.717, 1.165) is 35.9 Å². The van der Waals surface area contributed by atoms with Gasteiger partial charge in [-0.25, -0.2) is 0 Å². The molecular weight excluding hydrogens is 394 g/mol. The first-order valence-corrected chi connectivity index (χ1v) is 10.6. The minimum absolute atomic E-state index is 0.251. The van der Waals surface area contributed by atoms with Gasteiger partial charge in [0.15, 0.2) is 11.5 Å². The van der Waals surface area contributed by atoms with Crippen LogP contribution in [0.5, 0.6) is 11.5 Å². The first-order chi connectivity index (χ1) is 14.0. The molecule has 1 aliphatic rings. The molecule has 2 rings (SSSR count). The molecule has 1 aromatic rings. The van der Waals surface area contributed by atoms with Crippen LogP contribution in [0, 0.1) is 0 Å². The van der Waals surface area contributed by atoms with Crippen LogP contribution >= 0.6 is 11.8 Å². The van der Waals surface area contributed by atoms with Gasteiger partial charge in [0.05, 0.1) is 24.7 Å². The molecule has 0 aliphatic carbocycles. The highest BCUT2D eigenvalue weighted by Gasteiger charge is 2.36. The van der Waals surface area contributed by atoms with E-state index in [1.807, 2.05) is 20.8 Å². The molecule has 0 N–H and O–H groups in total. The first kappa shape index (κ1) is 22.8. The van der Waals surface area contributed by atoms with Crippen LogP contribution in [0.1, 0.15) is 45.6 Å². The lowest BCUT2D eigenvalue weighted by Gasteiger charge is -2.12. The standard InChI is InChI=1S/C21H27NO6S/c1-4-7-11-28-19(23)14-22-20(24)18(29-21(22)25)13-15-8-9-16(27-10-5-2)17(12-15)26-6-3/h8-9,12-13H,4-7,10-11,14H2,1-3H3/b18-13-. The van der Waals surface area contributed by atoms with Crippen molar-refractivity contribution in [3.05, 3.63) is 28.7 Å². The van der Waals surface area contributed by atoms with E-state index < -0.39 is 17.1 Å². The molecule has 0 atom stereocenters. The molecular formula is C21H27NO6S. The summed E-state index contributed by atoms with van der Waals surface area (Å²) in [5, 5.41) is -0.485. The Morgan fingerprint density at radius 1 is 1.07 bits per heavy atom. The number of esters is 1. The highest BCUT2D eigenvalue weighted by molar-refractivity contribution is 8.18. The van der Waals surface area contributed by atoms with Crippen molar-refractivity contribution in [1.29, 1.82) is 0 Å². The van der Waals surface area contributed by atoms with E-state index in [4.69, 9.17) is 14.2 Å². The van der Waals surface area contributed by atoms with Gasteiger partial charge in [-0.3, -0.25) is 19.3 Å².